The zero-order valence-electron chi connectivity index (χ0n) is 19.0. The fraction of sp³-hybridized carbons (Fsp3) is 0.208. The summed E-state index contributed by atoms with van der Waals surface area (Å²) in [7, 11) is 0. The van der Waals surface area contributed by atoms with Crippen LogP contribution in [0.15, 0.2) is 53.6 Å². The second-order valence-corrected chi connectivity index (χ2v) is 9.01. The van der Waals surface area contributed by atoms with Gasteiger partial charge in [-0.1, -0.05) is 0 Å². The highest BCUT2D eigenvalue weighted by molar-refractivity contribution is 8.18. The molecule has 0 unspecified atom stereocenters. The number of hydrogen-bond acceptors (Lipinski definition) is 7. The average Bonchev–Trinajstić information content (AvgIpc) is 3.23. The minimum Gasteiger partial charge on any atom is -0.439 e. The maximum absolute atomic E-state index is 12.6. The molecule has 2 aromatic heterocycles. The molecular weight excluding hydrogens is 456 g/mol. The second-order valence-electron chi connectivity index (χ2n) is 8.02. The molecule has 0 aliphatic carbocycles. The first-order chi connectivity index (χ1) is 16.2. The lowest BCUT2D eigenvalue weighted by molar-refractivity contribution is -0.385. The summed E-state index contributed by atoms with van der Waals surface area (Å²) in [6, 6.07) is 11.9. The van der Waals surface area contributed by atoms with Crippen LogP contribution in [0.3, 0.4) is 0 Å². The van der Waals surface area contributed by atoms with Crippen LogP contribution < -0.4 is 4.74 Å². The van der Waals surface area contributed by atoms with E-state index >= 15 is 0 Å². The van der Waals surface area contributed by atoms with Crippen molar-refractivity contribution in [3.63, 3.8) is 0 Å². The molecule has 1 saturated heterocycles. The molecule has 1 aliphatic heterocycles. The summed E-state index contributed by atoms with van der Waals surface area (Å²) < 4.78 is 7.73. The van der Waals surface area contributed by atoms with Gasteiger partial charge in [-0.2, -0.15) is 0 Å². The van der Waals surface area contributed by atoms with E-state index in [4.69, 9.17) is 4.74 Å². The first kappa shape index (κ1) is 23.2. The van der Waals surface area contributed by atoms with Gasteiger partial charge in [0.15, 0.2) is 0 Å². The van der Waals surface area contributed by atoms with Crippen molar-refractivity contribution in [1.29, 1.82) is 0 Å². The molecule has 0 saturated carbocycles. The number of pyridine rings is 1. The standard InChI is InChI=1S/C24H22N4O5S/c1-14(2)26-23(29)21(34-24(26)30)12-17-11-15(3)27(16(17)4)18-5-8-20(9-6-18)33-22-10-7-19(13-25-22)28(31)32/h5-14H,1-4H3/b21-12-. The third kappa shape index (κ3) is 4.44. The predicted molar refractivity (Wildman–Crippen MR) is 129 cm³/mol. The summed E-state index contributed by atoms with van der Waals surface area (Å²) >= 11 is 0.959. The Bertz CT molecular complexity index is 1310. The molecule has 174 valence electrons. The van der Waals surface area contributed by atoms with Crippen molar-refractivity contribution in [2.75, 3.05) is 0 Å². The fourth-order valence-corrected chi connectivity index (χ4v) is 4.67. The smallest absolute Gasteiger partial charge is 0.293 e. The number of nitro groups is 1. The van der Waals surface area contributed by atoms with Gasteiger partial charge in [0.25, 0.3) is 16.8 Å². The Morgan fingerprint density at radius 1 is 1.12 bits per heavy atom. The summed E-state index contributed by atoms with van der Waals surface area (Å²) in [6.07, 6.45) is 2.91. The number of benzene rings is 1. The predicted octanol–water partition coefficient (Wildman–Crippen LogP) is 5.63. The number of imide groups is 1. The SMILES string of the molecule is Cc1cc(/C=C2\SC(=O)N(C(C)C)C2=O)c(C)n1-c1ccc(Oc2ccc([N+](=O)[O-])cn2)cc1. The first-order valence-electron chi connectivity index (χ1n) is 10.5. The maximum Gasteiger partial charge on any atom is 0.293 e. The van der Waals surface area contributed by atoms with Crippen molar-refractivity contribution in [2.24, 2.45) is 0 Å². The van der Waals surface area contributed by atoms with Crippen LogP contribution in [0.25, 0.3) is 11.8 Å². The van der Waals surface area contributed by atoms with E-state index in [2.05, 4.69) is 4.98 Å². The highest BCUT2D eigenvalue weighted by Crippen LogP contribution is 2.35. The normalized spacial score (nSPS) is 15.0. The molecule has 1 aliphatic rings. The fourth-order valence-electron chi connectivity index (χ4n) is 3.72. The molecule has 0 spiro atoms. The number of hydrogen-bond donors (Lipinski definition) is 0. The van der Waals surface area contributed by atoms with E-state index in [1.165, 1.54) is 17.0 Å². The summed E-state index contributed by atoms with van der Waals surface area (Å²) in [5, 5.41) is 10.5. The molecule has 0 bridgehead atoms. The lowest BCUT2D eigenvalue weighted by Crippen LogP contribution is -2.34. The van der Waals surface area contributed by atoms with Crippen LogP contribution in [0.5, 0.6) is 11.6 Å². The van der Waals surface area contributed by atoms with Gasteiger partial charge in [0, 0.05) is 35.2 Å². The van der Waals surface area contributed by atoms with Crippen molar-refractivity contribution in [2.45, 2.75) is 33.7 Å². The molecule has 34 heavy (non-hydrogen) atoms. The number of aryl methyl sites for hydroxylation is 1. The molecule has 3 aromatic rings. The van der Waals surface area contributed by atoms with E-state index < -0.39 is 4.92 Å². The largest absolute Gasteiger partial charge is 0.439 e. The minimum atomic E-state index is -0.517. The van der Waals surface area contributed by atoms with Crippen LogP contribution in [0.4, 0.5) is 10.5 Å². The molecular formula is C24H22N4O5S. The Hall–Kier alpha value is -3.92. The molecule has 10 heteroatoms. The highest BCUT2D eigenvalue weighted by atomic mass is 32.2. The van der Waals surface area contributed by atoms with Gasteiger partial charge in [-0.15, -0.1) is 0 Å². The van der Waals surface area contributed by atoms with Gasteiger partial charge in [-0.3, -0.25) is 24.6 Å². The van der Waals surface area contributed by atoms with Crippen LogP contribution in [0, 0.1) is 24.0 Å². The topological polar surface area (TPSA) is 108 Å². The third-order valence-electron chi connectivity index (χ3n) is 5.35. The third-order valence-corrected chi connectivity index (χ3v) is 6.23. The van der Waals surface area contributed by atoms with Crippen LogP contribution >= 0.6 is 11.8 Å². The number of amides is 2. The Morgan fingerprint density at radius 3 is 2.38 bits per heavy atom. The Kier molecular flexibility index (Phi) is 6.25. The highest BCUT2D eigenvalue weighted by Gasteiger charge is 2.36. The summed E-state index contributed by atoms with van der Waals surface area (Å²) in [5.41, 5.74) is 3.55. The van der Waals surface area contributed by atoms with Crippen molar-refractivity contribution in [1.82, 2.24) is 14.5 Å². The van der Waals surface area contributed by atoms with E-state index in [0.717, 1.165) is 40.6 Å². The average molecular weight is 479 g/mol. The Balaban J connectivity index is 1.56. The number of rotatable bonds is 6. The van der Waals surface area contributed by atoms with Gasteiger partial charge in [0.2, 0.25) is 5.88 Å². The monoisotopic (exact) mass is 478 g/mol. The number of carbonyl (C=O) groups excluding carboxylic acids is 2. The van der Waals surface area contributed by atoms with Crippen LogP contribution in [-0.4, -0.2) is 36.6 Å². The minimum absolute atomic E-state index is 0.106. The Morgan fingerprint density at radius 2 is 1.82 bits per heavy atom. The van der Waals surface area contributed by atoms with E-state index in [-0.39, 0.29) is 28.8 Å². The molecule has 2 amide bonds. The maximum atomic E-state index is 12.6. The van der Waals surface area contributed by atoms with E-state index in [9.17, 15) is 19.7 Å². The van der Waals surface area contributed by atoms with Gasteiger partial charge < -0.3 is 9.30 Å². The molecule has 0 atom stereocenters. The summed E-state index contributed by atoms with van der Waals surface area (Å²) in [5.74, 6) is 0.524. The van der Waals surface area contributed by atoms with Gasteiger partial charge in [-0.25, -0.2) is 4.98 Å². The zero-order valence-corrected chi connectivity index (χ0v) is 19.8. The van der Waals surface area contributed by atoms with Gasteiger partial charge in [0.05, 0.1) is 9.83 Å². The van der Waals surface area contributed by atoms with Crippen LogP contribution in [-0.2, 0) is 4.79 Å². The number of nitrogens with zero attached hydrogens (tertiary/aromatic N) is 4. The second kappa shape index (κ2) is 9.14. The zero-order chi connectivity index (χ0) is 24.6. The lowest BCUT2D eigenvalue weighted by Gasteiger charge is -2.16. The van der Waals surface area contributed by atoms with Crippen molar-refractivity contribution < 1.29 is 19.2 Å². The molecule has 4 rings (SSSR count). The van der Waals surface area contributed by atoms with Crippen molar-refractivity contribution in [3.05, 3.63) is 80.6 Å². The first-order valence-corrected chi connectivity index (χ1v) is 11.3. The number of thioether (sulfide) groups is 1. The van der Waals surface area contributed by atoms with Crippen LogP contribution in [0.1, 0.15) is 30.8 Å². The van der Waals surface area contributed by atoms with Crippen molar-refractivity contribution >= 4 is 34.7 Å². The Labute approximate surface area is 200 Å². The quantitative estimate of drug-likeness (QED) is 0.256. The number of ether oxygens (including phenoxy) is 1. The van der Waals surface area contributed by atoms with E-state index in [1.807, 2.05) is 50.5 Å². The molecule has 0 N–H and O–H groups in total. The van der Waals surface area contributed by atoms with E-state index in [1.54, 1.807) is 18.2 Å². The number of carbonyl (C=O) groups is 2. The van der Waals surface area contributed by atoms with Gasteiger partial charge in [-0.05, 0) is 81.4 Å². The summed E-state index contributed by atoms with van der Waals surface area (Å²) in [6.45, 7) is 7.55. The number of aromatic nitrogens is 2. The summed E-state index contributed by atoms with van der Waals surface area (Å²) in [4.78, 5) is 40.7. The molecule has 9 nitrogen and oxygen atoms in total. The molecule has 1 fully saturated rings. The van der Waals surface area contributed by atoms with Crippen LogP contribution in [0.2, 0.25) is 0 Å². The van der Waals surface area contributed by atoms with E-state index in [0.29, 0.717) is 10.7 Å². The van der Waals surface area contributed by atoms with Gasteiger partial charge in [0.1, 0.15) is 11.9 Å². The van der Waals surface area contributed by atoms with Crippen molar-refractivity contribution in [3.8, 4) is 17.3 Å². The molecule has 0 radical (unpaired) electrons. The molecule has 1 aromatic carbocycles. The van der Waals surface area contributed by atoms with Gasteiger partial charge >= 0.3 is 0 Å². The lowest BCUT2D eigenvalue weighted by atomic mass is 10.2. The molecule has 3 heterocycles.